The molecule has 2 rings (SSSR count). The molecule has 1 atom stereocenters. The smallest absolute Gasteiger partial charge is 0.306 e. The largest absolute Gasteiger partial charge is 0.443 e. The lowest BCUT2D eigenvalue weighted by Crippen LogP contribution is -2.21. The summed E-state index contributed by atoms with van der Waals surface area (Å²) >= 11 is 8.85. The van der Waals surface area contributed by atoms with Gasteiger partial charge in [-0.3, -0.25) is 0 Å². The Balaban J connectivity index is 2.38. The Labute approximate surface area is 142 Å². The van der Waals surface area contributed by atoms with Crippen LogP contribution in [-0.2, 0) is 6.18 Å². The topological polar surface area (TPSA) is 24.9 Å². The van der Waals surface area contributed by atoms with Crippen LogP contribution in [0.15, 0.2) is 24.4 Å². The molecule has 0 spiro atoms. The zero-order valence-corrected chi connectivity index (χ0v) is 14.6. The van der Waals surface area contributed by atoms with Gasteiger partial charge in [-0.1, -0.05) is 24.6 Å². The molecule has 1 heterocycles. The Hall–Kier alpha value is -0.380. The highest BCUT2D eigenvalue weighted by Gasteiger charge is 2.35. The van der Waals surface area contributed by atoms with E-state index < -0.39 is 11.2 Å². The van der Waals surface area contributed by atoms with E-state index in [9.17, 15) is 13.2 Å². The normalized spacial score (nSPS) is 13.4. The fraction of sp³-hybridized carbons (Fsp3) is 0.308. The maximum absolute atomic E-state index is 12.7. The summed E-state index contributed by atoms with van der Waals surface area (Å²) in [5.74, 6) is 0. The molecular weight excluding hydrogens is 436 g/mol. The van der Waals surface area contributed by atoms with Crippen molar-refractivity contribution in [2.45, 2.75) is 19.1 Å². The quantitative estimate of drug-likeness (QED) is 0.660. The SMILES string of the molecule is CCNC(c1ccc(I)c(Cl)c1)c1cnc(C(F)(F)F)s1. The summed E-state index contributed by atoms with van der Waals surface area (Å²) in [7, 11) is 0. The van der Waals surface area contributed by atoms with Crippen molar-refractivity contribution in [2.75, 3.05) is 6.54 Å². The van der Waals surface area contributed by atoms with Crippen molar-refractivity contribution in [3.05, 3.63) is 48.4 Å². The highest BCUT2D eigenvalue weighted by molar-refractivity contribution is 14.1. The van der Waals surface area contributed by atoms with Crippen LogP contribution < -0.4 is 5.32 Å². The van der Waals surface area contributed by atoms with Crippen LogP contribution in [-0.4, -0.2) is 11.5 Å². The number of alkyl halides is 3. The van der Waals surface area contributed by atoms with Crippen molar-refractivity contribution in [1.82, 2.24) is 10.3 Å². The summed E-state index contributed by atoms with van der Waals surface area (Å²) in [5.41, 5.74) is 0.819. The van der Waals surface area contributed by atoms with Crippen molar-refractivity contribution in [2.24, 2.45) is 0 Å². The van der Waals surface area contributed by atoms with Crippen molar-refractivity contribution in [3.63, 3.8) is 0 Å². The second-order valence-electron chi connectivity index (χ2n) is 4.23. The first kappa shape index (κ1) is 17.0. The molecule has 0 saturated carbocycles. The fourth-order valence-corrected chi connectivity index (χ4v) is 3.24. The van der Waals surface area contributed by atoms with Gasteiger partial charge < -0.3 is 5.32 Å². The molecule has 0 amide bonds. The Morgan fingerprint density at radius 1 is 1.43 bits per heavy atom. The van der Waals surface area contributed by atoms with E-state index in [1.54, 1.807) is 6.07 Å². The van der Waals surface area contributed by atoms with Crippen LogP contribution in [0, 0.1) is 3.57 Å². The van der Waals surface area contributed by atoms with Crippen LogP contribution in [0.25, 0.3) is 0 Å². The second-order valence-corrected chi connectivity index (χ2v) is 6.86. The molecule has 0 aliphatic rings. The Morgan fingerprint density at radius 2 is 2.14 bits per heavy atom. The molecule has 0 saturated heterocycles. The van der Waals surface area contributed by atoms with Crippen LogP contribution >= 0.6 is 45.5 Å². The molecule has 1 unspecified atom stereocenters. The third-order valence-electron chi connectivity index (χ3n) is 2.74. The standard InChI is InChI=1S/C13H11ClF3IN2S/c1-2-19-11(7-3-4-9(18)8(14)5-7)10-6-20-12(21-10)13(15,16)17/h3-6,11,19H,2H2,1H3. The average Bonchev–Trinajstić information content (AvgIpc) is 2.89. The van der Waals surface area contributed by atoms with Crippen molar-refractivity contribution < 1.29 is 13.2 Å². The van der Waals surface area contributed by atoms with Gasteiger partial charge in [-0.15, -0.1) is 11.3 Å². The highest BCUT2D eigenvalue weighted by Crippen LogP contribution is 2.36. The summed E-state index contributed by atoms with van der Waals surface area (Å²) in [6.45, 7) is 2.51. The summed E-state index contributed by atoms with van der Waals surface area (Å²) in [4.78, 5) is 3.99. The molecule has 0 aliphatic carbocycles. The minimum Gasteiger partial charge on any atom is -0.306 e. The molecular formula is C13H11ClF3IN2S. The highest BCUT2D eigenvalue weighted by atomic mass is 127. The van der Waals surface area contributed by atoms with Gasteiger partial charge >= 0.3 is 6.18 Å². The minimum atomic E-state index is -4.41. The van der Waals surface area contributed by atoms with Gasteiger partial charge in [0, 0.05) is 14.6 Å². The molecule has 21 heavy (non-hydrogen) atoms. The van der Waals surface area contributed by atoms with Gasteiger partial charge in [-0.25, -0.2) is 4.98 Å². The molecule has 0 radical (unpaired) electrons. The van der Waals surface area contributed by atoms with Gasteiger partial charge in [0.15, 0.2) is 5.01 Å². The summed E-state index contributed by atoms with van der Waals surface area (Å²) in [6.07, 6.45) is -3.14. The molecule has 2 aromatic rings. The monoisotopic (exact) mass is 446 g/mol. The predicted molar refractivity (Wildman–Crippen MR) is 86.8 cm³/mol. The number of aromatic nitrogens is 1. The lowest BCUT2D eigenvalue weighted by Gasteiger charge is -2.17. The van der Waals surface area contributed by atoms with Gasteiger partial charge in [0.1, 0.15) is 0 Å². The Kier molecular flexibility index (Phi) is 5.50. The number of halogens is 5. The Morgan fingerprint density at radius 3 is 2.67 bits per heavy atom. The second kappa shape index (κ2) is 6.80. The number of nitrogens with one attached hydrogen (secondary N) is 1. The number of nitrogens with zero attached hydrogens (tertiary/aromatic N) is 1. The predicted octanol–water partition coefficient (Wildman–Crippen LogP) is 5.12. The van der Waals surface area contributed by atoms with E-state index in [-0.39, 0.29) is 6.04 Å². The summed E-state index contributed by atoms with van der Waals surface area (Å²) < 4.78 is 38.9. The van der Waals surface area contributed by atoms with Gasteiger partial charge in [0.2, 0.25) is 0 Å². The van der Waals surface area contributed by atoms with Crippen molar-refractivity contribution in [3.8, 4) is 0 Å². The van der Waals surface area contributed by atoms with Gasteiger partial charge in [0.25, 0.3) is 0 Å². The maximum Gasteiger partial charge on any atom is 0.443 e. The average molecular weight is 447 g/mol. The lowest BCUT2D eigenvalue weighted by molar-refractivity contribution is -0.137. The van der Waals surface area contributed by atoms with E-state index in [4.69, 9.17) is 11.6 Å². The molecule has 8 heteroatoms. The molecule has 0 bridgehead atoms. The third kappa shape index (κ3) is 4.08. The van der Waals surface area contributed by atoms with Crippen LogP contribution in [0.4, 0.5) is 13.2 Å². The molecule has 1 aromatic heterocycles. The van der Waals surface area contributed by atoms with E-state index in [0.717, 1.165) is 9.13 Å². The minimum absolute atomic E-state index is 0.349. The first-order valence-electron chi connectivity index (χ1n) is 6.04. The number of rotatable bonds is 4. The number of hydrogen-bond donors (Lipinski definition) is 1. The maximum atomic E-state index is 12.7. The van der Waals surface area contributed by atoms with E-state index >= 15 is 0 Å². The van der Waals surface area contributed by atoms with E-state index in [0.29, 0.717) is 27.8 Å². The van der Waals surface area contributed by atoms with Crippen molar-refractivity contribution in [1.29, 1.82) is 0 Å². The molecule has 0 aliphatic heterocycles. The van der Waals surface area contributed by atoms with Crippen molar-refractivity contribution >= 4 is 45.5 Å². The van der Waals surface area contributed by atoms with E-state index in [1.807, 2.05) is 19.1 Å². The first-order chi connectivity index (χ1) is 9.82. The van der Waals surface area contributed by atoms with Gasteiger partial charge in [0.05, 0.1) is 11.1 Å². The number of benzene rings is 1. The zero-order valence-electron chi connectivity index (χ0n) is 10.8. The first-order valence-corrected chi connectivity index (χ1v) is 8.31. The van der Waals surface area contributed by atoms with E-state index in [2.05, 4.69) is 32.9 Å². The number of thiazole rings is 1. The molecule has 0 fully saturated rings. The molecule has 114 valence electrons. The summed E-state index contributed by atoms with van der Waals surface area (Å²) in [5, 5.41) is 2.91. The van der Waals surface area contributed by atoms with Crippen LogP contribution in [0.5, 0.6) is 0 Å². The van der Waals surface area contributed by atoms with Crippen LogP contribution in [0.2, 0.25) is 5.02 Å². The fourth-order valence-electron chi connectivity index (χ4n) is 1.83. The van der Waals surface area contributed by atoms with E-state index in [1.165, 1.54) is 6.20 Å². The van der Waals surface area contributed by atoms with Gasteiger partial charge in [-0.05, 0) is 46.8 Å². The van der Waals surface area contributed by atoms with Crippen LogP contribution in [0.3, 0.4) is 0 Å². The number of hydrogen-bond acceptors (Lipinski definition) is 3. The van der Waals surface area contributed by atoms with Crippen LogP contribution in [0.1, 0.15) is 28.4 Å². The molecule has 1 aromatic carbocycles. The third-order valence-corrected chi connectivity index (χ3v) is 5.42. The zero-order chi connectivity index (χ0) is 15.6. The van der Waals surface area contributed by atoms with Gasteiger partial charge in [-0.2, -0.15) is 13.2 Å². The molecule has 2 nitrogen and oxygen atoms in total. The lowest BCUT2D eigenvalue weighted by atomic mass is 10.1. The molecule has 1 N–H and O–H groups in total. The summed E-state index contributed by atoms with van der Waals surface area (Å²) in [6, 6.07) is 5.12. The Bertz CT molecular complexity index is 630.